The zero-order valence-corrected chi connectivity index (χ0v) is 11.4. The van der Waals surface area contributed by atoms with E-state index in [0.717, 1.165) is 25.8 Å². The van der Waals surface area contributed by atoms with E-state index in [2.05, 4.69) is 46.9 Å². The predicted molar refractivity (Wildman–Crippen MR) is 71.8 cm³/mol. The van der Waals surface area contributed by atoms with Crippen molar-refractivity contribution in [3.63, 3.8) is 0 Å². The van der Waals surface area contributed by atoms with Gasteiger partial charge >= 0.3 is 0 Å². The molecule has 0 spiro atoms. The normalized spacial score (nSPS) is 12.0. The molecule has 17 heavy (non-hydrogen) atoms. The summed E-state index contributed by atoms with van der Waals surface area (Å²) in [7, 11) is 2.00. The third kappa shape index (κ3) is 3.61. The van der Waals surface area contributed by atoms with Gasteiger partial charge in [0.05, 0.1) is 11.4 Å². The average Bonchev–Trinajstić information content (AvgIpc) is 2.78. The van der Waals surface area contributed by atoms with Crippen molar-refractivity contribution in [1.82, 2.24) is 15.1 Å². The minimum absolute atomic E-state index is 0.351. The van der Waals surface area contributed by atoms with Gasteiger partial charge in [0.2, 0.25) is 0 Å². The molecule has 1 rings (SSSR count). The van der Waals surface area contributed by atoms with Crippen LogP contribution in [0.5, 0.6) is 0 Å². The molecule has 0 aromatic carbocycles. The quantitative estimate of drug-likeness (QED) is 0.765. The summed E-state index contributed by atoms with van der Waals surface area (Å²) >= 11 is 0. The summed E-state index contributed by atoms with van der Waals surface area (Å²) in [5.41, 5.74) is 2.45. The molecule has 3 nitrogen and oxygen atoms in total. The maximum atomic E-state index is 4.58. The molecule has 3 heteroatoms. The van der Waals surface area contributed by atoms with Crippen molar-refractivity contribution >= 4 is 0 Å². The largest absolute Gasteiger partial charge is 0.312 e. The smallest absolute Gasteiger partial charge is 0.0625 e. The number of rotatable bonds is 6. The molecule has 0 aliphatic heterocycles. The van der Waals surface area contributed by atoms with Gasteiger partial charge in [-0.15, -0.1) is 11.8 Å². The lowest BCUT2D eigenvalue weighted by Crippen LogP contribution is -2.20. The van der Waals surface area contributed by atoms with E-state index in [4.69, 9.17) is 0 Å². The summed E-state index contributed by atoms with van der Waals surface area (Å²) in [6, 6.07) is 2.56. The zero-order chi connectivity index (χ0) is 12.7. The number of aryl methyl sites for hydroxylation is 2. The van der Waals surface area contributed by atoms with Crippen molar-refractivity contribution in [2.75, 3.05) is 7.05 Å². The maximum Gasteiger partial charge on any atom is 0.0625 e. The van der Waals surface area contributed by atoms with Gasteiger partial charge in [-0.3, -0.25) is 4.68 Å². The van der Waals surface area contributed by atoms with Crippen LogP contribution in [-0.4, -0.2) is 16.8 Å². The van der Waals surface area contributed by atoms with Crippen molar-refractivity contribution in [3.8, 4) is 11.8 Å². The summed E-state index contributed by atoms with van der Waals surface area (Å²) in [6.07, 6.45) is 2.95. The molecule has 0 bridgehead atoms. The lowest BCUT2D eigenvalue weighted by Gasteiger charge is -2.16. The van der Waals surface area contributed by atoms with Crippen LogP contribution < -0.4 is 5.32 Å². The molecule has 94 valence electrons. The average molecular weight is 233 g/mol. The van der Waals surface area contributed by atoms with Gasteiger partial charge in [0.1, 0.15) is 0 Å². The van der Waals surface area contributed by atoms with E-state index in [9.17, 15) is 0 Å². The van der Waals surface area contributed by atoms with Crippen molar-refractivity contribution in [2.45, 2.75) is 52.6 Å². The number of nitrogens with zero attached hydrogens (tertiary/aromatic N) is 2. The van der Waals surface area contributed by atoms with Crippen LogP contribution in [0.1, 0.15) is 51.0 Å². The van der Waals surface area contributed by atoms with E-state index in [1.165, 1.54) is 11.4 Å². The predicted octanol–water partition coefficient (Wildman–Crippen LogP) is 2.53. The van der Waals surface area contributed by atoms with Crippen LogP contribution in [0.4, 0.5) is 0 Å². The van der Waals surface area contributed by atoms with Crippen LogP contribution in [0.2, 0.25) is 0 Å². The lowest BCUT2D eigenvalue weighted by molar-refractivity contribution is 0.493. The van der Waals surface area contributed by atoms with Gasteiger partial charge in [-0.2, -0.15) is 5.10 Å². The van der Waals surface area contributed by atoms with Gasteiger partial charge in [-0.1, -0.05) is 6.92 Å². The third-order valence-corrected chi connectivity index (χ3v) is 2.96. The van der Waals surface area contributed by atoms with Gasteiger partial charge in [-0.05, 0) is 39.8 Å². The minimum Gasteiger partial charge on any atom is -0.312 e. The second-order valence-corrected chi connectivity index (χ2v) is 4.04. The van der Waals surface area contributed by atoms with Crippen LogP contribution in [0.15, 0.2) is 6.07 Å². The van der Waals surface area contributed by atoms with Crippen LogP contribution in [-0.2, 0) is 13.0 Å². The molecule has 1 N–H and O–H groups in total. The number of hydrogen-bond donors (Lipinski definition) is 1. The standard InChI is InChI=1S/C14H23N3/c1-5-8-9-10-13(15-4)14-11-12(6-2)16-17(14)7-3/h11,13,15H,6-7,9-10H2,1-4H3. The Morgan fingerprint density at radius 1 is 1.47 bits per heavy atom. The van der Waals surface area contributed by atoms with Crippen molar-refractivity contribution in [1.29, 1.82) is 0 Å². The number of hydrogen-bond acceptors (Lipinski definition) is 2. The summed E-state index contributed by atoms with van der Waals surface area (Å²) in [5, 5.41) is 7.95. The van der Waals surface area contributed by atoms with Crippen LogP contribution in [0.25, 0.3) is 0 Å². The van der Waals surface area contributed by atoms with Crippen LogP contribution in [0, 0.1) is 11.8 Å². The van der Waals surface area contributed by atoms with E-state index in [-0.39, 0.29) is 0 Å². The molecule has 0 aliphatic carbocycles. The van der Waals surface area contributed by atoms with Crippen LogP contribution >= 0.6 is 0 Å². The minimum atomic E-state index is 0.351. The van der Waals surface area contributed by atoms with Crippen LogP contribution in [0.3, 0.4) is 0 Å². The first kappa shape index (κ1) is 13.8. The Hall–Kier alpha value is -1.27. The fourth-order valence-corrected chi connectivity index (χ4v) is 1.98. The highest BCUT2D eigenvalue weighted by Gasteiger charge is 2.15. The van der Waals surface area contributed by atoms with E-state index in [1.807, 2.05) is 14.0 Å². The topological polar surface area (TPSA) is 29.9 Å². The first-order valence-corrected chi connectivity index (χ1v) is 6.40. The fourth-order valence-electron chi connectivity index (χ4n) is 1.98. The fraction of sp³-hybridized carbons (Fsp3) is 0.643. The monoisotopic (exact) mass is 233 g/mol. The summed E-state index contributed by atoms with van der Waals surface area (Å²) in [4.78, 5) is 0. The molecular formula is C14H23N3. The van der Waals surface area contributed by atoms with E-state index < -0.39 is 0 Å². The first-order valence-electron chi connectivity index (χ1n) is 6.40. The van der Waals surface area contributed by atoms with Gasteiger partial charge in [0.15, 0.2) is 0 Å². The molecule has 1 atom stereocenters. The molecule has 1 unspecified atom stereocenters. The molecular weight excluding hydrogens is 210 g/mol. The van der Waals surface area contributed by atoms with Crippen molar-refractivity contribution in [3.05, 3.63) is 17.5 Å². The highest BCUT2D eigenvalue weighted by Crippen LogP contribution is 2.19. The highest BCUT2D eigenvalue weighted by molar-refractivity contribution is 5.15. The Morgan fingerprint density at radius 2 is 2.24 bits per heavy atom. The maximum absolute atomic E-state index is 4.58. The Bertz CT molecular complexity index is 395. The van der Waals surface area contributed by atoms with Gasteiger partial charge in [0, 0.05) is 19.0 Å². The Balaban J connectivity index is 2.84. The molecule has 1 aromatic rings. The number of nitrogens with one attached hydrogen (secondary N) is 1. The zero-order valence-electron chi connectivity index (χ0n) is 11.4. The van der Waals surface area contributed by atoms with E-state index in [1.54, 1.807) is 0 Å². The Labute approximate surface area is 105 Å². The molecule has 1 aromatic heterocycles. The second-order valence-electron chi connectivity index (χ2n) is 4.04. The lowest BCUT2D eigenvalue weighted by atomic mass is 10.1. The molecule has 0 fully saturated rings. The summed E-state index contributed by atoms with van der Waals surface area (Å²) in [5.74, 6) is 6.06. The molecule has 0 saturated carbocycles. The summed E-state index contributed by atoms with van der Waals surface area (Å²) in [6.45, 7) is 7.09. The van der Waals surface area contributed by atoms with Gasteiger partial charge < -0.3 is 5.32 Å². The molecule has 0 saturated heterocycles. The molecule has 0 radical (unpaired) electrons. The van der Waals surface area contributed by atoms with Gasteiger partial charge in [-0.25, -0.2) is 0 Å². The summed E-state index contributed by atoms with van der Waals surface area (Å²) < 4.78 is 2.10. The van der Waals surface area contributed by atoms with Gasteiger partial charge in [0.25, 0.3) is 0 Å². The Kier molecular flexibility index (Phi) is 5.79. The van der Waals surface area contributed by atoms with E-state index >= 15 is 0 Å². The third-order valence-electron chi connectivity index (χ3n) is 2.96. The first-order chi connectivity index (χ1) is 8.26. The number of aromatic nitrogens is 2. The second kappa shape index (κ2) is 7.13. The molecule has 0 amide bonds. The van der Waals surface area contributed by atoms with Crippen molar-refractivity contribution in [2.24, 2.45) is 0 Å². The van der Waals surface area contributed by atoms with Crippen molar-refractivity contribution < 1.29 is 0 Å². The molecule has 0 aliphatic rings. The molecule has 1 heterocycles. The Morgan fingerprint density at radius 3 is 2.76 bits per heavy atom. The SMILES string of the molecule is CC#CCCC(NC)c1cc(CC)nn1CC. The van der Waals surface area contributed by atoms with E-state index in [0.29, 0.717) is 6.04 Å². The highest BCUT2D eigenvalue weighted by atomic mass is 15.3.